The molecule has 3 N–H and O–H groups in total. The second-order valence-corrected chi connectivity index (χ2v) is 5.98. The first-order valence-corrected chi connectivity index (χ1v) is 8.50. The first-order valence-electron chi connectivity index (χ1n) is 8.09. The predicted molar refractivity (Wildman–Crippen MR) is 107 cm³/mol. The number of rotatable bonds is 5. The van der Waals surface area contributed by atoms with Crippen LogP contribution >= 0.6 is 12.2 Å². The van der Waals surface area contributed by atoms with E-state index in [1.165, 1.54) is 0 Å². The van der Waals surface area contributed by atoms with E-state index >= 15 is 0 Å². The van der Waals surface area contributed by atoms with Gasteiger partial charge in [0.05, 0.1) is 7.11 Å². The zero-order valence-corrected chi connectivity index (χ0v) is 15.7. The Balaban J connectivity index is 2.01. The van der Waals surface area contributed by atoms with Crippen molar-refractivity contribution in [3.8, 4) is 5.75 Å². The van der Waals surface area contributed by atoms with Crippen LogP contribution in [-0.2, 0) is 4.79 Å². The summed E-state index contributed by atoms with van der Waals surface area (Å²) in [7, 11) is 1.56. The molecule has 0 aliphatic rings. The smallest absolute Gasteiger partial charge is 0.257 e. The van der Waals surface area contributed by atoms with Crippen LogP contribution in [0.4, 0.5) is 11.4 Å². The Bertz CT molecular complexity index is 819. The summed E-state index contributed by atoms with van der Waals surface area (Å²) in [4.78, 5) is 23.8. The molecule has 2 aromatic carbocycles. The number of methoxy groups -OCH3 is 1. The van der Waals surface area contributed by atoms with Gasteiger partial charge in [-0.3, -0.25) is 14.9 Å². The van der Waals surface area contributed by atoms with E-state index in [0.717, 1.165) is 5.56 Å². The summed E-state index contributed by atoms with van der Waals surface area (Å²) < 4.78 is 5.07. The van der Waals surface area contributed by atoms with Crippen molar-refractivity contribution in [2.75, 3.05) is 17.7 Å². The van der Waals surface area contributed by atoms with Crippen LogP contribution < -0.4 is 20.7 Å². The van der Waals surface area contributed by atoms with E-state index in [0.29, 0.717) is 29.1 Å². The van der Waals surface area contributed by atoms with E-state index in [1.54, 1.807) is 44.4 Å². The van der Waals surface area contributed by atoms with Gasteiger partial charge in [-0.05, 0) is 61.1 Å². The Morgan fingerprint density at radius 2 is 1.77 bits per heavy atom. The molecular formula is C19H21N3O3S. The van der Waals surface area contributed by atoms with Crippen LogP contribution in [-0.4, -0.2) is 24.0 Å². The average molecular weight is 371 g/mol. The Hall–Kier alpha value is -2.93. The Morgan fingerprint density at radius 1 is 1.08 bits per heavy atom. The number of ether oxygens (including phenoxy) is 1. The van der Waals surface area contributed by atoms with Crippen molar-refractivity contribution in [3.63, 3.8) is 0 Å². The van der Waals surface area contributed by atoms with Crippen LogP contribution in [0.15, 0.2) is 42.5 Å². The molecule has 0 aliphatic carbocycles. The lowest BCUT2D eigenvalue weighted by atomic mass is 10.1. The van der Waals surface area contributed by atoms with Crippen molar-refractivity contribution in [2.24, 2.45) is 0 Å². The summed E-state index contributed by atoms with van der Waals surface area (Å²) in [6.45, 7) is 3.69. The average Bonchev–Trinajstić information content (AvgIpc) is 2.64. The number of thiocarbonyl (C=S) groups is 1. The Morgan fingerprint density at radius 3 is 2.38 bits per heavy atom. The predicted octanol–water partition coefficient (Wildman–Crippen LogP) is 3.48. The Labute approximate surface area is 157 Å². The molecule has 6 nitrogen and oxygen atoms in total. The minimum absolute atomic E-state index is 0.0689. The highest BCUT2D eigenvalue weighted by Gasteiger charge is 2.09. The van der Waals surface area contributed by atoms with E-state index < -0.39 is 0 Å². The van der Waals surface area contributed by atoms with Gasteiger partial charge in [-0.15, -0.1) is 0 Å². The first kappa shape index (κ1) is 19.4. The van der Waals surface area contributed by atoms with Gasteiger partial charge in [-0.2, -0.15) is 0 Å². The summed E-state index contributed by atoms with van der Waals surface area (Å²) in [5.74, 6) is 0.279. The number of carbonyl (C=O) groups is 2. The molecule has 2 aromatic rings. The molecule has 0 aliphatic heterocycles. The van der Waals surface area contributed by atoms with Crippen molar-refractivity contribution < 1.29 is 14.3 Å². The fourth-order valence-electron chi connectivity index (χ4n) is 2.15. The molecule has 2 amide bonds. The number of carbonyl (C=O) groups excluding carboxylic acids is 2. The molecule has 136 valence electrons. The lowest BCUT2D eigenvalue weighted by Gasteiger charge is -2.13. The first-order chi connectivity index (χ1) is 12.4. The number of benzene rings is 2. The van der Waals surface area contributed by atoms with Crippen LogP contribution in [0.2, 0.25) is 0 Å². The van der Waals surface area contributed by atoms with Crippen molar-refractivity contribution in [1.82, 2.24) is 5.32 Å². The molecule has 0 aromatic heterocycles. The second kappa shape index (κ2) is 8.96. The molecule has 7 heteroatoms. The minimum Gasteiger partial charge on any atom is -0.497 e. The zero-order chi connectivity index (χ0) is 19.1. The number of aryl methyl sites for hydroxylation is 1. The van der Waals surface area contributed by atoms with Gasteiger partial charge < -0.3 is 15.4 Å². The normalized spacial score (nSPS) is 9.96. The number of hydrogen-bond acceptors (Lipinski definition) is 4. The van der Waals surface area contributed by atoms with E-state index in [9.17, 15) is 9.59 Å². The summed E-state index contributed by atoms with van der Waals surface area (Å²) >= 11 is 5.19. The standard InChI is InChI=1S/C19H21N3O3S/c1-4-17(23)21-16-11-14(8-5-12(16)2)20-19(26)22-18(24)13-6-9-15(25-3)10-7-13/h5-11H,4H2,1-3H3,(H,21,23)(H2,20,22,24,26). The van der Waals surface area contributed by atoms with Crippen LogP contribution in [0.3, 0.4) is 0 Å². The SMILES string of the molecule is CCC(=O)Nc1cc(NC(=S)NC(=O)c2ccc(OC)cc2)ccc1C. The van der Waals surface area contributed by atoms with Gasteiger partial charge >= 0.3 is 0 Å². The zero-order valence-electron chi connectivity index (χ0n) is 14.9. The van der Waals surface area contributed by atoms with Gasteiger partial charge in [0.15, 0.2) is 5.11 Å². The van der Waals surface area contributed by atoms with Crippen LogP contribution in [0.5, 0.6) is 5.75 Å². The summed E-state index contributed by atoms with van der Waals surface area (Å²) in [6, 6.07) is 12.2. The number of nitrogens with one attached hydrogen (secondary N) is 3. The fourth-order valence-corrected chi connectivity index (χ4v) is 2.36. The maximum atomic E-state index is 12.2. The third-order valence-corrected chi connectivity index (χ3v) is 3.87. The third kappa shape index (κ3) is 5.29. The monoisotopic (exact) mass is 371 g/mol. The van der Waals surface area contributed by atoms with Crippen molar-refractivity contribution >= 4 is 40.5 Å². The lowest BCUT2D eigenvalue weighted by Crippen LogP contribution is -2.34. The van der Waals surface area contributed by atoms with E-state index in [4.69, 9.17) is 17.0 Å². The highest BCUT2D eigenvalue weighted by molar-refractivity contribution is 7.80. The molecule has 0 saturated heterocycles. The van der Waals surface area contributed by atoms with Gasteiger partial charge in [-0.25, -0.2) is 0 Å². The van der Waals surface area contributed by atoms with Crippen LogP contribution in [0.25, 0.3) is 0 Å². The third-order valence-electron chi connectivity index (χ3n) is 3.67. The summed E-state index contributed by atoms with van der Waals surface area (Å²) in [5.41, 5.74) is 2.77. The van der Waals surface area contributed by atoms with Crippen LogP contribution in [0.1, 0.15) is 29.3 Å². The second-order valence-electron chi connectivity index (χ2n) is 5.57. The molecular weight excluding hydrogens is 350 g/mol. The summed E-state index contributed by atoms with van der Waals surface area (Å²) in [6.07, 6.45) is 0.396. The van der Waals surface area contributed by atoms with Gasteiger partial charge in [0.1, 0.15) is 5.75 Å². The van der Waals surface area contributed by atoms with Crippen molar-refractivity contribution in [1.29, 1.82) is 0 Å². The molecule has 0 bridgehead atoms. The number of hydrogen-bond donors (Lipinski definition) is 3. The largest absolute Gasteiger partial charge is 0.497 e. The molecule has 0 radical (unpaired) electrons. The van der Waals surface area contributed by atoms with Crippen molar-refractivity contribution in [3.05, 3.63) is 53.6 Å². The molecule has 26 heavy (non-hydrogen) atoms. The van der Waals surface area contributed by atoms with Crippen LogP contribution in [0, 0.1) is 6.92 Å². The molecule has 0 atom stereocenters. The molecule has 0 saturated carbocycles. The van der Waals surface area contributed by atoms with E-state index in [2.05, 4.69) is 16.0 Å². The molecule has 0 spiro atoms. The number of anilines is 2. The van der Waals surface area contributed by atoms with Gasteiger partial charge in [-0.1, -0.05) is 13.0 Å². The lowest BCUT2D eigenvalue weighted by molar-refractivity contribution is -0.115. The molecule has 0 unspecified atom stereocenters. The molecule has 0 heterocycles. The highest BCUT2D eigenvalue weighted by Crippen LogP contribution is 2.20. The van der Waals surface area contributed by atoms with Gasteiger partial charge in [0, 0.05) is 23.4 Å². The van der Waals surface area contributed by atoms with E-state index in [1.807, 2.05) is 19.1 Å². The maximum Gasteiger partial charge on any atom is 0.257 e. The summed E-state index contributed by atoms with van der Waals surface area (Å²) in [5, 5.41) is 8.57. The minimum atomic E-state index is -0.322. The van der Waals surface area contributed by atoms with Crippen molar-refractivity contribution in [2.45, 2.75) is 20.3 Å². The number of amides is 2. The van der Waals surface area contributed by atoms with E-state index in [-0.39, 0.29) is 16.9 Å². The van der Waals surface area contributed by atoms with Gasteiger partial charge in [0.25, 0.3) is 5.91 Å². The fraction of sp³-hybridized carbons (Fsp3) is 0.211. The molecule has 0 fully saturated rings. The maximum absolute atomic E-state index is 12.2. The topological polar surface area (TPSA) is 79.5 Å². The molecule has 2 rings (SSSR count). The Kier molecular flexibility index (Phi) is 6.68. The quantitative estimate of drug-likeness (QED) is 0.701. The van der Waals surface area contributed by atoms with Gasteiger partial charge in [0.2, 0.25) is 5.91 Å². The highest BCUT2D eigenvalue weighted by atomic mass is 32.1.